The van der Waals surface area contributed by atoms with Crippen LogP contribution in [0.15, 0.2) is 60.7 Å². The normalized spacial score (nSPS) is 10.2. The van der Waals surface area contributed by atoms with Crippen molar-refractivity contribution in [2.45, 2.75) is 0 Å². The van der Waals surface area contributed by atoms with Crippen LogP contribution in [-0.2, 0) is 0 Å². The smallest absolute Gasteiger partial charge is 0.306 e. The summed E-state index contributed by atoms with van der Waals surface area (Å²) in [4.78, 5) is 0. The molecule has 4 heteroatoms. The minimum absolute atomic E-state index is 0.332. The highest BCUT2D eigenvalue weighted by molar-refractivity contribution is 7.50. The number of alkyl halides is 1. The monoisotopic (exact) mass is 266 g/mol. The molecule has 0 atom stereocenters. The van der Waals surface area contributed by atoms with Gasteiger partial charge in [0.25, 0.3) is 0 Å². The third-order valence-corrected chi connectivity index (χ3v) is 3.61. The van der Waals surface area contributed by atoms with Crippen molar-refractivity contribution >= 4 is 20.0 Å². The second kappa shape index (κ2) is 6.48. The fourth-order valence-corrected chi connectivity index (χ4v) is 2.41. The van der Waals surface area contributed by atoms with Gasteiger partial charge in [-0.2, -0.15) is 0 Å². The molecule has 0 bridgehead atoms. The van der Waals surface area contributed by atoms with Crippen molar-refractivity contribution in [1.29, 1.82) is 0 Å². The maximum atomic E-state index is 5.85. The molecule has 0 amide bonds. The molecule has 0 fully saturated rings. The van der Waals surface area contributed by atoms with E-state index in [0.29, 0.717) is 5.62 Å². The molecule has 2 nitrogen and oxygen atoms in total. The molecule has 0 unspecified atom stereocenters. The molecular formula is C13H12ClO2P. The first-order chi connectivity index (χ1) is 8.38. The quantitative estimate of drug-likeness (QED) is 0.579. The molecule has 0 spiro atoms. The van der Waals surface area contributed by atoms with Crippen LogP contribution in [0.2, 0.25) is 0 Å². The molecule has 0 heterocycles. The standard InChI is InChI=1S/C13H12ClO2P/c14-11-17(15-12-7-3-1-4-8-12)16-13-9-5-2-6-10-13/h1-10H,11H2. The maximum Gasteiger partial charge on any atom is 0.306 e. The van der Waals surface area contributed by atoms with Gasteiger partial charge in [-0.3, -0.25) is 0 Å². The Kier molecular flexibility index (Phi) is 4.66. The van der Waals surface area contributed by atoms with Crippen LogP contribution < -0.4 is 9.05 Å². The van der Waals surface area contributed by atoms with E-state index in [2.05, 4.69) is 0 Å². The number of rotatable bonds is 5. The second-order valence-electron chi connectivity index (χ2n) is 3.26. The molecule has 0 N–H and O–H groups in total. The van der Waals surface area contributed by atoms with Crippen molar-refractivity contribution in [2.75, 3.05) is 5.62 Å². The van der Waals surface area contributed by atoms with Crippen LogP contribution >= 0.6 is 20.0 Å². The summed E-state index contributed by atoms with van der Waals surface area (Å²) in [6.07, 6.45) is 0. The first kappa shape index (κ1) is 12.2. The van der Waals surface area contributed by atoms with Gasteiger partial charge in [-0.05, 0) is 24.3 Å². The molecule has 2 aromatic rings. The third kappa shape index (κ3) is 3.92. The lowest BCUT2D eigenvalue weighted by Gasteiger charge is -2.16. The SMILES string of the molecule is ClCP(Oc1ccccc1)Oc1ccccc1. The number of halogens is 1. The van der Waals surface area contributed by atoms with Crippen LogP contribution in [-0.4, -0.2) is 5.62 Å². The topological polar surface area (TPSA) is 18.5 Å². The van der Waals surface area contributed by atoms with E-state index in [4.69, 9.17) is 20.6 Å². The first-order valence-corrected chi connectivity index (χ1v) is 7.08. The van der Waals surface area contributed by atoms with Crippen molar-refractivity contribution in [3.05, 3.63) is 60.7 Å². The lowest BCUT2D eigenvalue weighted by atomic mass is 10.3. The van der Waals surface area contributed by atoms with Gasteiger partial charge in [0.1, 0.15) is 17.1 Å². The van der Waals surface area contributed by atoms with E-state index >= 15 is 0 Å². The van der Waals surface area contributed by atoms with Gasteiger partial charge in [-0.25, -0.2) is 0 Å². The van der Waals surface area contributed by atoms with E-state index in [0.717, 1.165) is 11.5 Å². The molecule has 0 aliphatic heterocycles. The Hall–Kier alpha value is -1.24. The average molecular weight is 267 g/mol. The Labute approximate surface area is 107 Å². The van der Waals surface area contributed by atoms with E-state index in [9.17, 15) is 0 Å². The van der Waals surface area contributed by atoms with E-state index in [1.54, 1.807) is 0 Å². The lowest BCUT2D eigenvalue weighted by molar-refractivity contribution is 0.495. The molecule has 0 aliphatic rings. The highest BCUT2D eigenvalue weighted by Crippen LogP contribution is 2.40. The highest BCUT2D eigenvalue weighted by Gasteiger charge is 2.12. The number of benzene rings is 2. The summed E-state index contributed by atoms with van der Waals surface area (Å²) in [7, 11) is -1.15. The van der Waals surface area contributed by atoms with E-state index in [1.807, 2.05) is 60.7 Å². The molecule has 0 saturated carbocycles. The van der Waals surface area contributed by atoms with Gasteiger partial charge < -0.3 is 9.05 Å². The molecular weight excluding hydrogens is 255 g/mol. The predicted molar refractivity (Wildman–Crippen MR) is 71.8 cm³/mol. The molecule has 2 rings (SSSR count). The zero-order valence-corrected chi connectivity index (χ0v) is 10.8. The summed E-state index contributed by atoms with van der Waals surface area (Å²) in [5.74, 6) is 1.55. The number of hydrogen-bond donors (Lipinski definition) is 0. The van der Waals surface area contributed by atoms with Crippen LogP contribution in [0.4, 0.5) is 0 Å². The molecule has 88 valence electrons. The largest absolute Gasteiger partial charge is 0.438 e. The van der Waals surface area contributed by atoms with Crippen LogP contribution in [0, 0.1) is 0 Å². The van der Waals surface area contributed by atoms with Gasteiger partial charge in [-0.1, -0.05) is 36.4 Å². The summed E-state index contributed by atoms with van der Waals surface area (Å²) in [6.45, 7) is 0. The highest BCUT2D eigenvalue weighted by atomic mass is 35.5. The molecule has 0 radical (unpaired) electrons. The molecule has 0 aliphatic carbocycles. The van der Waals surface area contributed by atoms with Crippen LogP contribution in [0.25, 0.3) is 0 Å². The van der Waals surface area contributed by atoms with Crippen molar-refractivity contribution < 1.29 is 9.05 Å². The summed E-state index contributed by atoms with van der Waals surface area (Å²) in [5, 5.41) is 0. The van der Waals surface area contributed by atoms with Crippen LogP contribution in [0.1, 0.15) is 0 Å². The van der Waals surface area contributed by atoms with Crippen LogP contribution in [0.3, 0.4) is 0 Å². The Bertz CT molecular complexity index is 394. The number of para-hydroxylation sites is 2. The Morgan fingerprint density at radius 2 is 1.18 bits per heavy atom. The van der Waals surface area contributed by atoms with Gasteiger partial charge in [0, 0.05) is 0 Å². The lowest BCUT2D eigenvalue weighted by Crippen LogP contribution is -1.96. The zero-order valence-electron chi connectivity index (χ0n) is 9.12. The van der Waals surface area contributed by atoms with Crippen molar-refractivity contribution in [3.63, 3.8) is 0 Å². The summed E-state index contributed by atoms with van der Waals surface area (Å²) >= 11 is 5.85. The maximum absolute atomic E-state index is 5.85. The number of hydrogen-bond acceptors (Lipinski definition) is 2. The van der Waals surface area contributed by atoms with E-state index in [1.165, 1.54) is 0 Å². The fourth-order valence-electron chi connectivity index (χ4n) is 1.27. The molecule has 17 heavy (non-hydrogen) atoms. The van der Waals surface area contributed by atoms with E-state index in [-0.39, 0.29) is 0 Å². The molecule has 0 saturated heterocycles. The van der Waals surface area contributed by atoms with Gasteiger partial charge in [-0.15, -0.1) is 11.6 Å². The van der Waals surface area contributed by atoms with Gasteiger partial charge in [0.2, 0.25) is 0 Å². The van der Waals surface area contributed by atoms with Gasteiger partial charge in [0.05, 0.1) is 0 Å². The Balaban J connectivity index is 1.98. The Morgan fingerprint density at radius 3 is 1.53 bits per heavy atom. The average Bonchev–Trinajstić information content (AvgIpc) is 2.40. The van der Waals surface area contributed by atoms with Crippen LogP contribution in [0.5, 0.6) is 11.5 Å². The fraction of sp³-hybridized carbons (Fsp3) is 0.0769. The summed E-state index contributed by atoms with van der Waals surface area (Å²) in [5.41, 5.74) is 0.332. The van der Waals surface area contributed by atoms with E-state index < -0.39 is 8.38 Å². The third-order valence-electron chi connectivity index (χ3n) is 2.00. The van der Waals surface area contributed by atoms with Gasteiger partial charge in [0.15, 0.2) is 0 Å². The minimum Gasteiger partial charge on any atom is -0.438 e. The van der Waals surface area contributed by atoms with Crippen molar-refractivity contribution in [1.82, 2.24) is 0 Å². The predicted octanol–water partition coefficient (Wildman–Crippen LogP) is 4.65. The summed E-state index contributed by atoms with van der Waals surface area (Å²) < 4.78 is 11.4. The molecule has 2 aromatic carbocycles. The zero-order chi connectivity index (χ0) is 11.9. The second-order valence-corrected chi connectivity index (χ2v) is 5.25. The van der Waals surface area contributed by atoms with Crippen molar-refractivity contribution in [3.8, 4) is 11.5 Å². The van der Waals surface area contributed by atoms with Gasteiger partial charge >= 0.3 is 8.38 Å². The minimum atomic E-state index is -1.15. The Morgan fingerprint density at radius 1 is 0.765 bits per heavy atom. The summed E-state index contributed by atoms with van der Waals surface area (Å²) in [6, 6.07) is 19.1. The van der Waals surface area contributed by atoms with Crippen molar-refractivity contribution in [2.24, 2.45) is 0 Å². The first-order valence-electron chi connectivity index (χ1n) is 5.18. The molecule has 0 aromatic heterocycles.